The zero-order valence-electron chi connectivity index (χ0n) is 12.2. The van der Waals surface area contributed by atoms with E-state index in [0.717, 1.165) is 6.07 Å². The van der Waals surface area contributed by atoms with Gasteiger partial charge in [-0.25, -0.2) is 4.39 Å². The monoisotopic (exact) mass is 292 g/mol. The minimum Gasteiger partial charge on any atom is -0.384 e. The van der Waals surface area contributed by atoms with Gasteiger partial charge in [0.25, 0.3) is 5.91 Å². The highest BCUT2D eigenvalue weighted by Gasteiger charge is 2.17. The average Bonchev–Trinajstić information content (AvgIpc) is 2.44. The lowest BCUT2D eigenvalue weighted by Crippen LogP contribution is -2.37. The third-order valence-corrected chi connectivity index (χ3v) is 2.74. The second-order valence-corrected chi connectivity index (χ2v) is 4.60. The van der Waals surface area contributed by atoms with Gasteiger partial charge in [0.2, 0.25) is 5.91 Å². The standard InChI is InChI=1S/C15H17FN2O3/c1-17(2)14(20)10-18(3)15(21)12-7-6-11(5-4-8-19)13(16)9-12/h6-7,9,19H,8,10H2,1-3H3. The van der Waals surface area contributed by atoms with E-state index >= 15 is 0 Å². The first-order valence-corrected chi connectivity index (χ1v) is 6.21. The molecule has 0 bridgehead atoms. The molecule has 0 saturated carbocycles. The van der Waals surface area contributed by atoms with Crippen molar-refractivity contribution in [2.24, 2.45) is 0 Å². The number of amides is 2. The SMILES string of the molecule is CN(C)C(=O)CN(C)C(=O)c1ccc(C#CCO)c(F)c1. The fourth-order valence-electron chi connectivity index (χ4n) is 1.52. The molecule has 2 amide bonds. The van der Waals surface area contributed by atoms with Crippen LogP contribution in [-0.4, -0.2) is 61.0 Å². The van der Waals surface area contributed by atoms with Gasteiger partial charge in [-0.2, -0.15) is 0 Å². The van der Waals surface area contributed by atoms with Gasteiger partial charge in [0.1, 0.15) is 12.4 Å². The van der Waals surface area contributed by atoms with Crippen molar-refractivity contribution < 1.29 is 19.1 Å². The zero-order chi connectivity index (χ0) is 16.0. The first-order valence-electron chi connectivity index (χ1n) is 6.21. The Morgan fingerprint density at radius 1 is 1.29 bits per heavy atom. The van der Waals surface area contributed by atoms with E-state index in [4.69, 9.17) is 5.11 Å². The molecule has 112 valence electrons. The molecule has 1 rings (SSSR count). The van der Waals surface area contributed by atoms with Crippen LogP contribution in [0.5, 0.6) is 0 Å². The molecule has 0 unspecified atom stereocenters. The second-order valence-electron chi connectivity index (χ2n) is 4.60. The van der Waals surface area contributed by atoms with Gasteiger partial charge in [0.05, 0.1) is 12.1 Å². The maximum absolute atomic E-state index is 13.8. The number of carbonyl (C=O) groups excluding carboxylic acids is 2. The van der Waals surface area contributed by atoms with Crippen molar-refractivity contribution in [3.05, 3.63) is 35.1 Å². The van der Waals surface area contributed by atoms with Crippen molar-refractivity contribution in [2.45, 2.75) is 0 Å². The van der Waals surface area contributed by atoms with Crippen LogP contribution in [0, 0.1) is 17.7 Å². The Morgan fingerprint density at radius 3 is 2.48 bits per heavy atom. The number of halogens is 1. The van der Waals surface area contributed by atoms with Crippen LogP contribution < -0.4 is 0 Å². The van der Waals surface area contributed by atoms with E-state index in [-0.39, 0.29) is 30.2 Å². The van der Waals surface area contributed by atoms with Crippen LogP contribution in [-0.2, 0) is 4.79 Å². The molecular weight excluding hydrogens is 275 g/mol. The van der Waals surface area contributed by atoms with Gasteiger partial charge >= 0.3 is 0 Å². The van der Waals surface area contributed by atoms with Crippen molar-refractivity contribution in [1.82, 2.24) is 9.80 Å². The number of hydrogen-bond donors (Lipinski definition) is 1. The molecule has 1 aromatic rings. The van der Waals surface area contributed by atoms with Crippen LogP contribution in [0.4, 0.5) is 4.39 Å². The predicted molar refractivity (Wildman–Crippen MR) is 76.0 cm³/mol. The number of likely N-dealkylation sites (N-methyl/N-ethyl adjacent to an activating group) is 2. The summed E-state index contributed by atoms with van der Waals surface area (Å²) in [6, 6.07) is 3.87. The minimum absolute atomic E-state index is 0.0838. The molecule has 5 nitrogen and oxygen atoms in total. The lowest BCUT2D eigenvalue weighted by atomic mass is 10.1. The maximum Gasteiger partial charge on any atom is 0.254 e. The predicted octanol–water partition coefficient (Wildman–Crippen LogP) is 0.330. The molecule has 0 aliphatic carbocycles. The van der Waals surface area contributed by atoms with Gasteiger partial charge in [-0.1, -0.05) is 11.8 Å². The minimum atomic E-state index is -0.644. The van der Waals surface area contributed by atoms with Gasteiger partial charge in [0.15, 0.2) is 0 Å². The molecule has 1 N–H and O–H groups in total. The Bertz CT molecular complexity index is 603. The van der Waals surface area contributed by atoms with E-state index < -0.39 is 11.7 Å². The summed E-state index contributed by atoms with van der Waals surface area (Å²) in [6.07, 6.45) is 0. The smallest absolute Gasteiger partial charge is 0.254 e. The highest BCUT2D eigenvalue weighted by molar-refractivity contribution is 5.96. The topological polar surface area (TPSA) is 60.9 Å². The molecule has 0 aromatic heterocycles. The molecule has 0 heterocycles. The normalized spacial score (nSPS) is 9.57. The Hall–Kier alpha value is -2.39. The molecule has 0 atom stereocenters. The first kappa shape index (κ1) is 16.7. The highest BCUT2D eigenvalue weighted by Crippen LogP contribution is 2.11. The summed E-state index contributed by atoms with van der Waals surface area (Å²) in [7, 11) is 4.66. The van der Waals surface area contributed by atoms with E-state index in [1.54, 1.807) is 14.1 Å². The van der Waals surface area contributed by atoms with Crippen LogP contribution >= 0.6 is 0 Å². The maximum atomic E-state index is 13.8. The fraction of sp³-hybridized carbons (Fsp3) is 0.333. The molecule has 0 spiro atoms. The summed E-state index contributed by atoms with van der Waals surface area (Å²) in [5.74, 6) is 3.46. The quantitative estimate of drug-likeness (QED) is 0.817. The van der Waals surface area contributed by atoms with Gasteiger partial charge in [-0.3, -0.25) is 9.59 Å². The molecule has 6 heteroatoms. The van der Waals surface area contributed by atoms with E-state index in [1.807, 2.05) is 0 Å². The number of aliphatic hydroxyl groups excluding tert-OH is 1. The van der Waals surface area contributed by atoms with E-state index in [2.05, 4.69) is 11.8 Å². The largest absolute Gasteiger partial charge is 0.384 e. The number of nitrogens with zero attached hydrogens (tertiary/aromatic N) is 2. The van der Waals surface area contributed by atoms with Gasteiger partial charge in [0, 0.05) is 26.7 Å². The van der Waals surface area contributed by atoms with Crippen LogP contribution in [0.25, 0.3) is 0 Å². The number of carbonyl (C=O) groups is 2. The molecule has 0 radical (unpaired) electrons. The van der Waals surface area contributed by atoms with E-state index in [9.17, 15) is 14.0 Å². The van der Waals surface area contributed by atoms with E-state index in [1.165, 1.54) is 29.0 Å². The lowest BCUT2D eigenvalue weighted by molar-refractivity contribution is -0.129. The highest BCUT2D eigenvalue weighted by atomic mass is 19.1. The average molecular weight is 292 g/mol. The lowest BCUT2D eigenvalue weighted by Gasteiger charge is -2.19. The summed E-state index contributed by atoms with van der Waals surface area (Å²) in [4.78, 5) is 26.2. The number of rotatable bonds is 3. The molecule has 0 fully saturated rings. The van der Waals surface area contributed by atoms with Crippen LogP contribution in [0.15, 0.2) is 18.2 Å². The zero-order valence-corrected chi connectivity index (χ0v) is 12.2. The van der Waals surface area contributed by atoms with Crippen molar-refractivity contribution in [3.63, 3.8) is 0 Å². The van der Waals surface area contributed by atoms with Crippen molar-refractivity contribution in [3.8, 4) is 11.8 Å². The number of aliphatic hydroxyl groups is 1. The summed E-state index contributed by atoms with van der Waals surface area (Å²) in [5.41, 5.74) is 0.240. The summed E-state index contributed by atoms with van der Waals surface area (Å²) >= 11 is 0. The molecule has 1 aromatic carbocycles. The Labute approximate surface area is 123 Å². The Kier molecular flexibility index (Phi) is 5.88. The van der Waals surface area contributed by atoms with Gasteiger partial charge in [-0.05, 0) is 18.2 Å². The number of benzene rings is 1. The summed E-state index contributed by atoms with van der Waals surface area (Å²) in [6.45, 7) is -0.449. The fourth-order valence-corrected chi connectivity index (χ4v) is 1.52. The molecule has 0 aliphatic rings. The molecule has 0 saturated heterocycles. The molecular formula is C15H17FN2O3. The van der Waals surface area contributed by atoms with Crippen LogP contribution in [0.2, 0.25) is 0 Å². The van der Waals surface area contributed by atoms with Crippen LogP contribution in [0.3, 0.4) is 0 Å². The molecule has 0 aliphatic heterocycles. The third-order valence-electron chi connectivity index (χ3n) is 2.74. The van der Waals surface area contributed by atoms with Crippen molar-refractivity contribution >= 4 is 11.8 Å². The third kappa shape index (κ3) is 4.58. The summed E-state index contributed by atoms with van der Waals surface area (Å²) < 4.78 is 13.8. The van der Waals surface area contributed by atoms with E-state index in [0.29, 0.717) is 0 Å². The Morgan fingerprint density at radius 2 is 1.95 bits per heavy atom. The number of hydrogen-bond acceptors (Lipinski definition) is 3. The van der Waals surface area contributed by atoms with Gasteiger partial charge < -0.3 is 14.9 Å². The van der Waals surface area contributed by atoms with Gasteiger partial charge in [-0.15, -0.1) is 0 Å². The molecule has 21 heavy (non-hydrogen) atoms. The first-order chi connectivity index (χ1) is 9.86. The van der Waals surface area contributed by atoms with Crippen LogP contribution in [0.1, 0.15) is 15.9 Å². The second kappa shape index (κ2) is 7.41. The van der Waals surface area contributed by atoms with Crippen molar-refractivity contribution in [1.29, 1.82) is 0 Å². The van der Waals surface area contributed by atoms with Crippen molar-refractivity contribution in [2.75, 3.05) is 34.3 Å². The summed E-state index contributed by atoms with van der Waals surface area (Å²) in [5, 5.41) is 8.57. The Balaban J connectivity index is 2.88.